The largest absolute Gasteiger partial charge is 0.319 e. The first-order valence-corrected chi connectivity index (χ1v) is 10.6. The van der Waals surface area contributed by atoms with Crippen LogP contribution in [-0.4, -0.2) is 26.5 Å². The normalized spacial score (nSPS) is 11.2. The lowest BCUT2D eigenvalue weighted by atomic mass is 10.2. The summed E-state index contributed by atoms with van der Waals surface area (Å²) in [6, 6.07) is 21.9. The number of carbonyl (C=O) groups is 1. The van der Waals surface area contributed by atoms with Crippen molar-refractivity contribution < 1.29 is 4.79 Å². The summed E-state index contributed by atoms with van der Waals surface area (Å²) in [6.07, 6.45) is 1.66. The third kappa shape index (κ3) is 4.39. The second-order valence-electron chi connectivity index (χ2n) is 7.93. The van der Waals surface area contributed by atoms with Gasteiger partial charge in [0.15, 0.2) is 0 Å². The van der Waals surface area contributed by atoms with Gasteiger partial charge in [-0.3, -0.25) is 9.48 Å². The molecule has 0 aliphatic rings. The van der Waals surface area contributed by atoms with Crippen LogP contribution in [0.15, 0.2) is 71.8 Å². The first-order chi connectivity index (χ1) is 15.4. The number of amides is 1. The zero-order valence-electron chi connectivity index (χ0n) is 18.8. The van der Waals surface area contributed by atoms with Crippen molar-refractivity contribution in [2.24, 2.45) is 5.10 Å². The molecule has 32 heavy (non-hydrogen) atoms. The molecular weight excluding hydrogens is 398 g/mol. The van der Waals surface area contributed by atoms with Crippen molar-refractivity contribution in [2.75, 3.05) is 0 Å². The Hall–Kier alpha value is -3.93. The lowest BCUT2D eigenvalue weighted by molar-refractivity contribution is 0.0955. The monoisotopic (exact) mass is 425 g/mol. The average Bonchev–Trinajstić information content (AvgIpc) is 3.27. The quantitative estimate of drug-likeness (QED) is 0.359. The van der Waals surface area contributed by atoms with E-state index in [0.717, 1.165) is 34.0 Å². The van der Waals surface area contributed by atoms with Gasteiger partial charge in [-0.15, -0.1) is 0 Å². The molecule has 0 bridgehead atoms. The van der Waals surface area contributed by atoms with E-state index < -0.39 is 0 Å². The molecule has 4 rings (SSSR count). The lowest BCUT2D eigenvalue weighted by Gasteiger charge is -2.10. The Morgan fingerprint density at radius 3 is 2.25 bits per heavy atom. The van der Waals surface area contributed by atoms with Gasteiger partial charge in [-0.25, -0.2) is 5.43 Å². The van der Waals surface area contributed by atoms with E-state index in [1.165, 1.54) is 5.56 Å². The highest BCUT2D eigenvalue weighted by Crippen LogP contribution is 2.17. The second kappa shape index (κ2) is 9.06. The van der Waals surface area contributed by atoms with E-state index >= 15 is 0 Å². The maximum atomic E-state index is 12.5. The zero-order chi connectivity index (χ0) is 22.7. The van der Waals surface area contributed by atoms with Crippen LogP contribution >= 0.6 is 0 Å². The SMILES string of the molecule is Cc1nn(Cc2ccccc2)c(C)c1/C=N/NC(=O)c1ccc(-n2c(C)ccc2C)cc1. The van der Waals surface area contributed by atoms with E-state index in [1.54, 1.807) is 6.21 Å². The van der Waals surface area contributed by atoms with Gasteiger partial charge in [-0.1, -0.05) is 30.3 Å². The van der Waals surface area contributed by atoms with Crippen molar-refractivity contribution in [3.63, 3.8) is 0 Å². The predicted molar refractivity (Wildman–Crippen MR) is 128 cm³/mol. The van der Waals surface area contributed by atoms with Crippen LogP contribution < -0.4 is 5.43 Å². The Labute approximate surface area is 188 Å². The molecule has 6 heteroatoms. The summed E-state index contributed by atoms with van der Waals surface area (Å²) < 4.78 is 4.11. The molecule has 0 saturated carbocycles. The second-order valence-corrected chi connectivity index (χ2v) is 7.93. The van der Waals surface area contributed by atoms with Crippen LogP contribution in [-0.2, 0) is 6.54 Å². The molecule has 2 aromatic heterocycles. The zero-order valence-corrected chi connectivity index (χ0v) is 18.8. The predicted octanol–water partition coefficient (Wildman–Crippen LogP) is 4.72. The number of nitrogens with one attached hydrogen (secondary N) is 1. The summed E-state index contributed by atoms with van der Waals surface area (Å²) in [5, 5.41) is 8.80. The molecule has 162 valence electrons. The van der Waals surface area contributed by atoms with E-state index in [-0.39, 0.29) is 5.91 Å². The van der Waals surface area contributed by atoms with Crippen molar-refractivity contribution in [1.82, 2.24) is 19.8 Å². The number of benzene rings is 2. The number of nitrogens with zero attached hydrogens (tertiary/aromatic N) is 4. The Morgan fingerprint density at radius 1 is 0.938 bits per heavy atom. The fraction of sp³-hybridized carbons (Fsp3) is 0.192. The van der Waals surface area contributed by atoms with Crippen molar-refractivity contribution >= 4 is 12.1 Å². The van der Waals surface area contributed by atoms with Crippen LogP contribution in [0, 0.1) is 27.7 Å². The average molecular weight is 426 g/mol. The van der Waals surface area contributed by atoms with Crippen LogP contribution in [0.25, 0.3) is 5.69 Å². The number of rotatable bonds is 6. The Kier molecular flexibility index (Phi) is 6.03. The standard InChI is InChI=1S/C26H27N5O/c1-18-10-11-19(2)31(18)24-14-12-23(13-15-24)26(32)28-27-16-25-20(3)29-30(21(25)4)17-22-8-6-5-7-9-22/h5-16H,17H2,1-4H3,(H,28,32)/b27-16+. The minimum absolute atomic E-state index is 0.249. The summed E-state index contributed by atoms with van der Waals surface area (Å²) in [6.45, 7) is 8.78. The van der Waals surface area contributed by atoms with Crippen molar-refractivity contribution in [3.8, 4) is 5.69 Å². The third-order valence-corrected chi connectivity index (χ3v) is 5.63. The number of hydrogen-bond donors (Lipinski definition) is 1. The fourth-order valence-corrected chi connectivity index (χ4v) is 3.87. The highest BCUT2D eigenvalue weighted by molar-refractivity contribution is 5.95. The minimum Gasteiger partial charge on any atom is -0.319 e. The topological polar surface area (TPSA) is 64.2 Å². The highest BCUT2D eigenvalue weighted by atomic mass is 16.2. The molecule has 6 nitrogen and oxygen atoms in total. The van der Waals surface area contributed by atoms with Crippen molar-refractivity contribution in [3.05, 3.63) is 106 Å². The molecule has 2 aromatic carbocycles. The summed E-state index contributed by atoms with van der Waals surface area (Å²) in [5.41, 5.74) is 10.5. The molecule has 4 aromatic rings. The van der Waals surface area contributed by atoms with Crippen LogP contribution in [0.4, 0.5) is 0 Å². The summed E-state index contributed by atoms with van der Waals surface area (Å²) in [4.78, 5) is 12.5. The number of hydrazone groups is 1. The lowest BCUT2D eigenvalue weighted by Crippen LogP contribution is -2.17. The van der Waals surface area contributed by atoms with Crippen molar-refractivity contribution in [2.45, 2.75) is 34.2 Å². The van der Waals surface area contributed by atoms with E-state index in [1.807, 2.05) is 61.0 Å². The first-order valence-electron chi connectivity index (χ1n) is 10.6. The van der Waals surface area contributed by atoms with E-state index in [0.29, 0.717) is 12.1 Å². The van der Waals surface area contributed by atoms with E-state index in [9.17, 15) is 4.79 Å². The van der Waals surface area contributed by atoms with Gasteiger partial charge in [0.05, 0.1) is 18.5 Å². The van der Waals surface area contributed by atoms with Crippen LogP contribution in [0.1, 0.15) is 44.3 Å². The summed E-state index contributed by atoms with van der Waals surface area (Å²) >= 11 is 0. The van der Waals surface area contributed by atoms with Crippen LogP contribution in [0.2, 0.25) is 0 Å². The highest BCUT2D eigenvalue weighted by Gasteiger charge is 2.11. The molecule has 0 radical (unpaired) electrons. The van der Waals surface area contributed by atoms with Gasteiger partial charge in [0.25, 0.3) is 5.91 Å². The Morgan fingerprint density at radius 2 is 1.59 bits per heavy atom. The maximum absolute atomic E-state index is 12.5. The molecule has 1 N–H and O–H groups in total. The van der Waals surface area contributed by atoms with Gasteiger partial charge in [0.2, 0.25) is 0 Å². The molecule has 0 unspecified atom stereocenters. The molecule has 0 aliphatic carbocycles. The summed E-state index contributed by atoms with van der Waals surface area (Å²) in [7, 11) is 0. The maximum Gasteiger partial charge on any atom is 0.271 e. The molecule has 0 spiro atoms. The van der Waals surface area contributed by atoms with Crippen molar-refractivity contribution in [1.29, 1.82) is 0 Å². The van der Waals surface area contributed by atoms with Gasteiger partial charge in [0, 0.05) is 33.9 Å². The van der Waals surface area contributed by atoms with E-state index in [2.05, 4.69) is 58.3 Å². The van der Waals surface area contributed by atoms with Gasteiger partial charge in [-0.2, -0.15) is 10.2 Å². The number of carbonyl (C=O) groups excluding carboxylic acids is 1. The molecule has 0 aliphatic heterocycles. The Bertz CT molecular complexity index is 1240. The summed E-state index contributed by atoms with van der Waals surface area (Å²) in [5.74, 6) is -0.249. The van der Waals surface area contributed by atoms with Gasteiger partial charge >= 0.3 is 0 Å². The first kappa shape index (κ1) is 21.3. The van der Waals surface area contributed by atoms with Gasteiger partial charge < -0.3 is 4.57 Å². The fourth-order valence-electron chi connectivity index (χ4n) is 3.87. The number of hydrogen-bond acceptors (Lipinski definition) is 3. The van der Waals surface area contributed by atoms with Crippen LogP contribution in [0.5, 0.6) is 0 Å². The Balaban J connectivity index is 1.43. The minimum atomic E-state index is -0.249. The molecule has 0 saturated heterocycles. The van der Waals surface area contributed by atoms with Gasteiger partial charge in [-0.05, 0) is 69.7 Å². The molecule has 1 amide bonds. The van der Waals surface area contributed by atoms with Crippen LogP contribution in [0.3, 0.4) is 0 Å². The molecular formula is C26H27N5O. The third-order valence-electron chi connectivity index (χ3n) is 5.63. The molecule has 2 heterocycles. The smallest absolute Gasteiger partial charge is 0.271 e. The van der Waals surface area contributed by atoms with E-state index in [4.69, 9.17) is 0 Å². The molecule has 0 atom stereocenters. The van der Waals surface area contributed by atoms with Gasteiger partial charge in [0.1, 0.15) is 0 Å². The number of aromatic nitrogens is 3. The number of aryl methyl sites for hydroxylation is 3. The molecule has 0 fully saturated rings.